The van der Waals surface area contributed by atoms with Crippen molar-refractivity contribution in [3.8, 4) is 5.75 Å². The largest absolute Gasteiger partial charge is 0.497 e. The predicted molar refractivity (Wildman–Crippen MR) is 153 cm³/mol. The predicted octanol–water partition coefficient (Wildman–Crippen LogP) is 5.27. The van der Waals surface area contributed by atoms with Crippen LogP contribution < -0.4 is 14.4 Å². The molecule has 1 N–H and O–H groups in total. The average molecular weight is 587 g/mol. The third-order valence-corrected chi connectivity index (χ3v) is 7.67. The highest BCUT2D eigenvalue weighted by Crippen LogP contribution is 2.25. The molecule has 1 atom stereocenters. The summed E-state index contributed by atoms with van der Waals surface area (Å²) in [5.41, 5.74) is 0.729. The van der Waals surface area contributed by atoms with Crippen LogP contribution in [0.25, 0.3) is 0 Å². The number of carbonyl (C=O) groups is 2. The summed E-state index contributed by atoms with van der Waals surface area (Å²) in [6.45, 7) is 7.73. The van der Waals surface area contributed by atoms with Gasteiger partial charge < -0.3 is 15.0 Å². The van der Waals surface area contributed by atoms with Crippen LogP contribution in [0.15, 0.2) is 42.5 Å². The summed E-state index contributed by atoms with van der Waals surface area (Å²) < 4.78 is 31.4. The van der Waals surface area contributed by atoms with Crippen LogP contribution in [0, 0.1) is 0 Å². The summed E-state index contributed by atoms with van der Waals surface area (Å²) in [7, 11) is -2.06. The van der Waals surface area contributed by atoms with Crippen molar-refractivity contribution >= 4 is 50.7 Å². The van der Waals surface area contributed by atoms with E-state index in [0.717, 1.165) is 11.8 Å². The number of sulfonamides is 1. The molecule has 2 aromatic rings. The number of amides is 2. The van der Waals surface area contributed by atoms with E-state index in [1.807, 2.05) is 27.7 Å². The molecule has 2 aromatic carbocycles. The number of halogens is 2. The maximum absolute atomic E-state index is 13.5. The van der Waals surface area contributed by atoms with Gasteiger partial charge in [0.15, 0.2) is 0 Å². The van der Waals surface area contributed by atoms with Crippen LogP contribution in [0.5, 0.6) is 5.75 Å². The average Bonchev–Trinajstić information content (AvgIpc) is 2.82. The number of ether oxygens (including phenoxy) is 1. The summed E-state index contributed by atoms with van der Waals surface area (Å²) in [6.07, 6.45) is 1.83. The van der Waals surface area contributed by atoms with Gasteiger partial charge in [-0.1, -0.05) is 36.2 Å². The van der Waals surface area contributed by atoms with E-state index in [4.69, 9.17) is 27.9 Å². The Hall–Kier alpha value is -2.49. The van der Waals surface area contributed by atoms with Crippen molar-refractivity contribution in [3.63, 3.8) is 0 Å². The lowest BCUT2D eigenvalue weighted by atomic mass is 10.0. The molecule has 210 valence electrons. The SMILES string of the molecule is CC[C@@H](C(=O)NC(C)(C)C)N(Cc1ccc(Cl)c(Cl)c1)C(=O)CCCN(c1ccc(OC)cc1)S(C)(=O)=O. The molecule has 0 saturated heterocycles. The second-order valence-electron chi connectivity index (χ2n) is 10.1. The lowest BCUT2D eigenvalue weighted by Crippen LogP contribution is -2.53. The second-order valence-corrected chi connectivity index (χ2v) is 12.8. The first-order valence-electron chi connectivity index (χ1n) is 12.3. The molecule has 0 saturated carbocycles. The van der Waals surface area contributed by atoms with Crippen LogP contribution >= 0.6 is 23.2 Å². The summed E-state index contributed by atoms with van der Waals surface area (Å²) in [5, 5.41) is 3.71. The molecule has 0 radical (unpaired) electrons. The van der Waals surface area contributed by atoms with Crippen LogP contribution in [-0.4, -0.2) is 56.6 Å². The van der Waals surface area contributed by atoms with Gasteiger partial charge in [0.25, 0.3) is 0 Å². The van der Waals surface area contributed by atoms with Gasteiger partial charge in [0.05, 0.1) is 29.1 Å². The zero-order valence-corrected chi connectivity index (χ0v) is 25.1. The zero-order chi connectivity index (χ0) is 28.7. The van der Waals surface area contributed by atoms with Gasteiger partial charge in [-0.15, -0.1) is 0 Å². The molecule has 8 nitrogen and oxygen atoms in total. The van der Waals surface area contributed by atoms with Crippen LogP contribution in [0.3, 0.4) is 0 Å². The molecule has 0 fully saturated rings. The van der Waals surface area contributed by atoms with Gasteiger partial charge in [-0.05, 0) is 75.6 Å². The second kappa shape index (κ2) is 13.5. The summed E-state index contributed by atoms with van der Waals surface area (Å²) in [4.78, 5) is 28.2. The highest BCUT2D eigenvalue weighted by molar-refractivity contribution is 7.92. The molecule has 38 heavy (non-hydrogen) atoms. The highest BCUT2D eigenvalue weighted by Gasteiger charge is 2.31. The maximum Gasteiger partial charge on any atom is 0.243 e. The van der Waals surface area contributed by atoms with E-state index >= 15 is 0 Å². The Morgan fingerprint density at radius 2 is 1.68 bits per heavy atom. The fraction of sp³-hybridized carbons (Fsp3) is 0.481. The summed E-state index contributed by atoms with van der Waals surface area (Å²) >= 11 is 12.3. The van der Waals surface area contributed by atoms with Crippen molar-refractivity contribution in [1.29, 1.82) is 0 Å². The number of benzene rings is 2. The first-order chi connectivity index (χ1) is 17.7. The summed E-state index contributed by atoms with van der Waals surface area (Å²) in [6, 6.07) is 11.0. The van der Waals surface area contributed by atoms with E-state index in [9.17, 15) is 18.0 Å². The Labute approximate surface area is 236 Å². The molecule has 0 heterocycles. The lowest BCUT2D eigenvalue weighted by Gasteiger charge is -2.33. The molecule has 11 heteroatoms. The van der Waals surface area contributed by atoms with E-state index in [1.165, 1.54) is 16.3 Å². The lowest BCUT2D eigenvalue weighted by molar-refractivity contribution is -0.142. The van der Waals surface area contributed by atoms with E-state index < -0.39 is 21.6 Å². The Morgan fingerprint density at radius 1 is 1.05 bits per heavy atom. The molecular weight excluding hydrogens is 549 g/mol. The molecule has 0 spiro atoms. The van der Waals surface area contributed by atoms with Gasteiger partial charge in [0.2, 0.25) is 21.8 Å². The number of methoxy groups -OCH3 is 1. The van der Waals surface area contributed by atoms with Gasteiger partial charge in [-0.25, -0.2) is 8.42 Å². The minimum Gasteiger partial charge on any atom is -0.497 e. The third kappa shape index (κ3) is 9.36. The molecule has 0 aromatic heterocycles. The van der Waals surface area contributed by atoms with Gasteiger partial charge in [-0.2, -0.15) is 0 Å². The highest BCUT2D eigenvalue weighted by atomic mass is 35.5. The molecule has 2 rings (SSSR count). The molecule has 0 aliphatic carbocycles. The molecule has 0 aliphatic rings. The van der Waals surface area contributed by atoms with Crippen LogP contribution in [0.1, 0.15) is 52.5 Å². The van der Waals surface area contributed by atoms with Gasteiger partial charge in [0, 0.05) is 25.0 Å². The van der Waals surface area contributed by atoms with E-state index in [1.54, 1.807) is 42.5 Å². The fourth-order valence-corrected chi connectivity index (χ4v) is 5.25. The minimum absolute atomic E-state index is 0.0444. The van der Waals surface area contributed by atoms with Gasteiger partial charge in [0.1, 0.15) is 11.8 Å². The third-order valence-electron chi connectivity index (χ3n) is 5.73. The van der Waals surface area contributed by atoms with Crippen LogP contribution in [0.2, 0.25) is 10.0 Å². The maximum atomic E-state index is 13.5. The quantitative estimate of drug-likeness (QED) is 0.366. The number of nitrogens with one attached hydrogen (secondary N) is 1. The monoisotopic (exact) mass is 585 g/mol. The Morgan fingerprint density at radius 3 is 2.18 bits per heavy atom. The first kappa shape index (κ1) is 31.7. The zero-order valence-electron chi connectivity index (χ0n) is 22.8. The van der Waals surface area contributed by atoms with Crippen LogP contribution in [-0.2, 0) is 26.2 Å². The van der Waals surface area contributed by atoms with E-state index in [-0.39, 0.29) is 37.7 Å². The van der Waals surface area contributed by atoms with Crippen molar-refractivity contribution in [2.75, 3.05) is 24.2 Å². The van der Waals surface area contributed by atoms with E-state index in [0.29, 0.717) is 27.9 Å². The fourth-order valence-electron chi connectivity index (χ4n) is 3.96. The van der Waals surface area contributed by atoms with E-state index in [2.05, 4.69) is 5.32 Å². The van der Waals surface area contributed by atoms with Crippen molar-refractivity contribution in [2.24, 2.45) is 0 Å². The molecule has 0 aliphatic heterocycles. The molecule has 2 amide bonds. The normalized spacial score (nSPS) is 12.5. The number of hydrogen-bond acceptors (Lipinski definition) is 5. The topological polar surface area (TPSA) is 96.0 Å². The number of rotatable bonds is 12. The van der Waals surface area contributed by atoms with Crippen molar-refractivity contribution in [3.05, 3.63) is 58.1 Å². The molecular formula is C27H37Cl2N3O5S. The number of carbonyl (C=O) groups excluding carboxylic acids is 2. The van der Waals surface area contributed by atoms with Crippen LogP contribution in [0.4, 0.5) is 5.69 Å². The minimum atomic E-state index is -3.59. The molecule has 0 unspecified atom stereocenters. The molecule has 0 bridgehead atoms. The smallest absolute Gasteiger partial charge is 0.243 e. The number of anilines is 1. The first-order valence-corrected chi connectivity index (χ1v) is 14.9. The van der Waals surface area contributed by atoms with Crippen molar-refractivity contribution in [1.82, 2.24) is 10.2 Å². The summed E-state index contributed by atoms with van der Waals surface area (Å²) in [5.74, 6) is 0.0778. The Bertz CT molecular complexity index is 1210. The van der Waals surface area contributed by atoms with Crippen molar-refractivity contribution in [2.45, 2.75) is 65.1 Å². The number of nitrogens with zero attached hydrogens (tertiary/aromatic N) is 2. The Kier molecular flexibility index (Phi) is 11.3. The number of hydrogen-bond donors (Lipinski definition) is 1. The van der Waals surface area contributed by atoms with Gasteiger partial charge in [-0.3, -0.25) is 13.9 Å². The Balaban J connectivity index is 2.26. The van der Waals surface area contributed by atoms with Crippen molar-refractivity contribution < 1.29 is 22.7 Å². The van der Waals surface area contributed by atoms with Gasteiger partial charge >= 0.3 is 0 Å². The standard InChI is InChI=1S/C27H37Cl2N3O5S/c1-7-24(26(34)30-27(2,3)4)31(18-19-10-15-22(28)23(29)17-19)25(33)9-8-16-32(38(6,35)36)20-11-13-21(37-5)14-12-20/h10-15,17,24H,7-9,16,18H2,1-6H3,(H,30,34)/t24-/m0/s1.